The fourth-order valence-electron chi connectivity index (χ4n) is 3.86. The third kappa shape index (κ3) is 5.89. The van der Waals surface area contributed by atoms with Gasteiger partial charge in [-0.2, -0.15) is 0 Å². The van der Waals surface area contributed by atoms with Gasteiger partial charge in [0.15, 0.2) is 9.84 Å². The molecule has 0 radical (unpaired) electrons. The van der Waals surface area contributed by atoms with Crippen LogP contribution in [0.5, 0.6) is 0 Å². The molecule has 0 aliphatic carbocycles. The fraction of sp³-hybridized carbons (Fsp3) is 0.682. The summed E-state index contributed by atoms with van der Waals surface area (Å²) in [5.74, 6) is 0.583. The summed E-state index contributed by atoms with van der Waals surface area (Å²) in [5.41, 5.74) is 0. The van der Waals surface area contributed by atoms with Crippen LogP contribution in [0.4, 0.5) is 0 Å². The summed E-state index contributed by atoms with van der Waals surface area (Å²) in [6.45, 7) is 8.49. The molecule has 0 bridgehead atoms. The molecule has 4 nitrogen and oxygen atoms in total. The van der Waals surface area contributed by atoms with Gasteiger partial charge in [0.05, 0.1) is 9.64 Å². The second-order valence-electron chi connectivity index (χ2n) is 8.39. The molecule has 1 atom stereocenters. The molecule has 0 spiro atoms. The summed E-state index contributed by atoms with van der Waals surface area (Å²) >= 11 is 0. The second-order valence-corrected chi connectivity index (χ2v) is 11.0. The summed E-state index contributed by atoms with van der Waals surface area (Å²) in [5, 5.41) is 0. The second kappa shape index (κ2) is 9.83. The molecule has 1 fully saturated rings. The summed E-state index contributed by atoms with van der Waals surface area (Å²) in [4.78, 5) is 15.1. The SMILES string of the molecule is CCCCC(=O)C1CCCN(CCCC(C)(C)S(=O)(=O)c2ccccc2)C1. The molecule has 1 aliphatic rings. The monoisotopic (exact) mass is 393 g/mol. The van der Waals surface area contributed by atoms with Crippen molar-refractivity contribution in [3.05, 3.63) is 30.3 Å². The average Bonchev–Trinajstić information content (AvgIpc) is 2.66. The Kier molecular flexibility index (Phi) is 8.04. The van der Waals surface area contributed by atoms with Crippen LogP contribution in [0.25, 0.3) is 0 Å². The molecule has 1 aromatic carbocycles. The van der Waals surface area contributed by atoms with Crippen molar-refractivity contribution in [3.63, 3.8) is 0 Å². The van der Waals surface area contributed by atoms with Gasteiger partial charge in [-0.3, -0.25) is 4.79 Å². The lowest BCUT2D eigenvalue weighted by Gasteiger charge is -2.33. The van der Waals surface area contributed by atoms with E-state index in [0.717, 1.165) is 51.7 Å². The van der Waals surface area contributed by atoms with E-state index in [1.807, 2.05) is 19.9 Å². The van der Waals surface area contributed by atoms with Gasteiger partial charge in [0.2, 0.25) is 0 Å². The minimum atomic E-state index is -3.35. The number of ketones is 1. The number of piperidine rings is 1. The largest absolute Gasteiger partial charge is 0.303 e. The smallest absolute Gasteiger partial charge is 0.183 e. The molecular formula is C22H35NO3S. The molecule has 1 aromatic rings. The first kappa shape index (κ1) is 22.1. The van der Waals surface area contributed by atoms with Crippen molar-refractivity contribution in [2.24, 2.45) is 5.92 Å². The van der Waals surface area contributed by atoms with Crippen molar-refractivity contribution in [1.29, 1.82) is 0 Å². The van der Waals surface area contributed by atoms with Crippen molar-refractivity contribution in [1.82, 2.24) is 4.90 Å². The first-order valence-corrected chi connectivity index (χ1v) is 11.8. The number of benzene rings is 1. The molecular weight excluding hydrogens is 358 g/mol. The van der Waals surface area contributed by atoms with E-state index in [2.05, 4.69) is 11.8 Å². The zero-order valence-electron chi connectivity index (χ0n) is 17.1. The van der Waals surface area contributed by atoms with E-state index in [-0.39, 0.29) is 5.92 Å². The predicted molar refractivity (Wildman–Crippen MR) is 111 cm³/mol. The highest BCUT2D eigenvalue weighted by Crippen LogP contribution is 2.30. The van der Waals surface area contributed by atoms with E-state index in [9.17, 15) is 13.2 Å². The van der Waals surface area contributed by atoms with Gasteiger partial charge in [-0.15, -0.1) is 0 Å². The molecule has 0 N–H and O–H groups in total. The molecule has 5 heteroatoms. The van der Waals surface area contributed by atoms with Crippen LogP contribution in [0, 0.1) is 5.92 Å². The molecule has 1 unspecified atom stereocenters. The minimum Gasteiger partial charge on any atom is -0.303 e. The van der Waals surface area contributed by atoms with Gasteiger partial charge in [-0.1, -0.05) is 31.5 Å². The van der Waals surface area contributed by atoms with Gasteiger partial charge in [0.1, 0.15) is 5.78 Å². The minimum absolute atomic E-state index is 0.173. The van der Waals surface area contributed by atoms with Crippen LogP contribution in [0.1, 0.15) is 65.7 Å². The van der Waals surface area contributed by atoms with E-state index in [1.54, 1.807) is 24.3 Å². The van der Waals surface area contributed by atoms with Gasteiger partial charge in [-0.25, -0.2) is 8.42 Å². The van der Waals surface area contributed by atoms with Crippen molar-refractivity contribution < 1.29 is 13.2 Å². The Hall–Kier alpha value is -1.20. The number of carbonyl (C=O) groups excluding carboxylic acids is 1. The fourth-order valence-corrected chi connectivity index (χ4v) is 5.42. The molecule has 1 saturated heterocycles. The van der Waals surface area contributed by atoms with Crippen LogP contribution >= 0.6 is 0 Å². The third-order valence-corrected chi connectivity index (χ3v) is 8.32. The number of unbranched alkanes of at least 4 members (excludes halogenated alkanes) is 1. The maximum absolute atomic E-state index is 12.9. The number of hydrogen-bond donors (Lipinski definition) is 0. The Morgan fingerprint density at radius 2 is 1.89 bits per heavy atom. The van der Waals surface area contributed by atoms with Crippen LogP contribution in [0.15, 0.2) is 35.2 Å². The van der Waals surface area contributed by atoms with Gasteiger partial charge in [-0.05, 0) is 71.2 Å². The van der Waals surface area contributed by atoms with Gasteiger partial charge in [0, 0.05) is 18.9 Å². The number of rotatable bonds is 10. The average molecular weight is 394 g/mol. The van der Waals surface area contributed by atoms with Crippen molar-refractivity contribution >= 4 is 15.6 Å². The quantitative estimate of drug-likeness (QED) is 0.588. The lowest BCUT2D eigenvalue weighted by atomic mass is 9.91. The maximum atomic E-state index is 12.9. The number of carbonyl (C=O) groups is 1. The standard InChI is InChI=1S/C22H35NO3S/c1-4-5-14-21(24)19-11-9-16-23(18-19)17-10-15-22(2,3)27(25,26)20-12-7-6-8-13-20/h6-8,12-13,19H,4-5,9-11,14-18H2,1-3H3. The van der Waals surface area contributed by atoms with Crippen molar-refractivity contribution in [2.45, 2.75) is 75.4 Å². The van der Waals surface area contributed by atoms with Gasteiger partial charge < -0.3 is 4.90 Å². The Balaban J connectivity index is 1.86. The summed E-state index contributed by atoms with van der Waals surface area (Å²) < 4.78 is 25.0. The van der Waals surface area contributed by atoms with Gasteiger partial charge in [0.25, 0.3) is 0 Å². The summed E-state index contributed by atoms with van der Waals surface area (Å²) in [7, 11) is -3.35. The van der Waals surface area contributed by atoms with Crippen molar-refractivity contribution in [2.75, 3.05) is 19.6 Å². The normalized spacial score (nSPS) is 19.1. The Morgan fingerprint density at radius 3 is 2.56 bits per heavy atom. The molecule has 2 rings (SSSR count). The molecule has 1 aliphatic heterocycles. The van der Waals surface area contributed by atoms with Gasteiger partial charge >= 0.3 is 0 Å². The third-order valence-electron chi connectivity index (χ3n) is 5.77. The molecule has 27 heavy (non-hydrogen) atoms. The number of Topliss-reactive ketones (excluding diaryl/α,β-unsaturated/α-hetero) is 1. The van der Waals surface area contributed by atoms with Crippen LogP contribution in [-0.4, -0.2) is 43.5 Å². The van der Waals surface area contributed by atoms with E-state index in [4.69, 9.17) is 0 Å². The molecule has 0 aromatic heterocycles. The van der Waals surface area contributed by atoms with Crippen LogP contribution in [0.2, 0.25) is 0 Å². The first-order chi connectivity index (χ1) is 12.8. The molecule has 0 amide bonds. The topological polar surface area (TPSA) is 54.5 Å². The number of likely N-dealkylation sites (tertiary alicyclic amines) is 1. The summed E-state index contributed by atoms with van der Waals surface area (Å²) in [6.07, 6.45) is 6.27. The van der Waals surface area contributed by atoms with E-state index < -0.39 is 14.6 Å². The van der Waals surface area contributed by atoms with E-state index >= 15 is 0 Å². The zero-order chi connectivity index (χ0) is 19.9. The number of hydrogen-bond acceptors (Lipinski definition) is 4. The first-order valence-electron chi connectivity index (χ1n) is 10.3. The molecule has 152 valence electrons. The van der Waals surface area contributed by atoms with Crippen LogP contribution in [0.3, 0.4) is 0 Å². The van der Waals surface area contributed by atoms with E-state index in [1.165, 1.54) is 0 Å². The number of nitrogens with zero attached hydrogens (tertiary/aromatic N) is 1. The molecule has 0 saturated carbocycles. The van der Waals surface area contributed by atoms with E-state index in [0.29, 0.717) is 23.5 Å². The van der Waals surface area contributed by atoms with Crippen LogP contribution in [-0.2, 0) is 14.6 Å². The molecule has 1 heterocycles. The number of sulfone groups is 1. The lowest BCUT2D eigenvalue weighted by Crippen LogP contribution is -2.40. The summed E-state index contributed by atoms with van der Waals surface area (Å²) in [6, 6.07) is 8.72. The Labute approximate surface area is 165 Å². The maximum Gasteiger partial charge on any atom is 0.183 e. The van der Waals surface area contributed by atoms with Crippen LogP contribution < -0.4 is 0 Å². The highest BCUT2D eigenvalue weighted by atomic mass is 32.2. The highest BCUT2D eigenvalue weighted by molar-refractivity contribution is 7.92. The Bertz CT molecular complexity index is 698. The zero-order valence-corrected chi connectivity index (χ0v) is 17.9. The Morgan fingerprint density at radius 1 is 1.19 bits per heavy atom. The predicted octanol–water partition coefficient (Wildman–Crippen LogP) is 4.49. The lowest BCUT2D eigenvalue weighted by molar-refractivity contribution is -0.124. The highest BCUT2D eigenvalue weighted by Gasteiger charge is 2.35. The van der Waals surface area contributed by atoms with Crippen molar-refractivity contribution in [3.8, 4) is 0 Å².